The van der Waals surface area contributed by atoms with Crippen LogP contribution in [-0.2, 0) is 20.1 Å². The molecule has 164 valence electrons. The maximum Gasteiger partial charge on any atom is 0.332 e. The number of anilines is 1. The van der Waals surface area contributed by atoms with E-state index in [0.29, 0.717) is 35.2 Å². The van der Waals surface area contributed by atoms with E-state index in [1.165, 1.54) is 29.9 Å². The summed E-state index contributed by atoms with van der Waals surface area (Å²) in [7, 11) is 1.63. The minimum atomic E-state index is -0.478. The zero-order valence-corrected chi connectivity index (χ0v) is 18.1. The number of imidazole rings is 1. The Bertz CT molecular complexity index is 1250. The van der Waals surface area contributed by atoms with E-state index in [-0.39, 0.29) is 6.54 Å². The van der Waals surface area contributed by atoms with E-state index >= 15 is 0 Å². The van der Waals surface area contributed by atoms with Gasteiger partial charge in [-0.2, -0.15) is 4.98 Å². The molecule has 1 unspecified atom stereocenters. The van der Waals surface area contributed by atoms with Crippen molar-refractivity contribution in [3.05, 3.63) is 56.5 Å². The highest BCUT2D eigenvalue weighted by Crippen LogP contribution is 2.33. The average molecular weight is 426 g/mol. The zero-order chi connectivity index (χ0) is 21.7. The van der Waals surface area contributed by atoms with Crippen LogP contribution in [-0.4, -0.2) is 31.3 Å². The van der Waals surface area contributed by atoms with Crippen molar-refractivity contribution in [2.45, 2.75) is 58.2 Å². The number of halogens is 1. The van der Waals surface area contributed by atoms with Gasteiger partial charge in [-0.3, -0.25) is 13.9 Å². The number of aryl methyl sites for hydroxylation is 1. The van der Waals surface area contributed by atoms with Crippen LogP contribution in [0.15, 0.2) is 33.9 Å². The first kappa shape index (κ1) is 20.0. The molecule has 8 heteroatoms. The molecular formula is C23H28FN5O2. The Morgan fingerprint density at radius 2 is 1.84 bits per heavy atom. The van der Waals surface area contributed by atoms with Crippen molar-refractivity contribution >= 4 is 17.1 Å². The van der Waals surface area contributed by atoms with Crippen LogP contribution in [0.1, 0.15) is 44.6 Å². The van der Waals surface area contributed by atoms with Gasteiger partial charge < -0.3 is 9.47 Å². The first-order valence-corrected chi connectivity index (χ1v) is 11.2. The SMILES string of the molecule is CC1CN(C2CCCCC2)c2nc3c(c(=O)n(Cc4ccccc4F)c(=O)n3C)n2C1. The van der Waals surface area contributed by atoms with Crippen LogP contribution in [0, 0.1) is 11.7 Å². The molecule has 0 spiro atoms. The maximum atomic E-state index is 14.2. The van der Waals surface area contributed by atoms with Crippen LogP contribution in [0.4, 0.5) is 10.3 Å². The second-order valence-electron chi connectivity index (χ2n) is 9.07. The molecule has 1 saturated carbocycles. The molecule has 5 rings (SSSR count). The van der Waals surface area contributed by atoms with Gasteiger partial charge in [-0.05, 0) is 24.8 Å². The van der Waals surface area contributed by atoms with Gasteiger partial charge in [0.2, 0.25) is 5.95 Å². The molecule has 0 amide bonds. The number of benzene rings is 1. The zero-order valence-electron chi connectivity index (χ0n) is 18.1. The van der Waals surface area contributed by atoms with Gasteiger partial charge in [0, 0.05) is 31.7 Å². The second-order valence-corrected chi connectivity index (χ2v) is 9.07. The first-order chi connectivity index (χ1) is 15.0. The van der Waals surface area contributed by atoms with Crippen molar-refractivity contribution in [2.24, 2.45) is 13.0 Å². The highest BCUT2D eigenvalue weighted by molar-refractivity contribution is 5.75. The predicted octanol–water partition coefficient (Wildman–Crippen LogP) is 2.87. The summed E-state index contributed by atoms with van der Waals surface area (Å²) in [4.78, 5) is 33.6. The van der Waals surface area contributed by atoms with E-state index in [0.717, 1.165) is 29.9 Å². The van der Waals surface area contributed by atoms with Crippen LogP contribution >= 0.6 is 0 Å². The quantitative estimate of drug-likeness (QED) is 0.647. The van der Waals surface area contributed by atoms with Crippen molar-refractivity contribution < 1.29 is 4.39 Å². The van der Waals surface area contributed by atoms with E-state index in [2.05, 4.69) is 11.8 Å². The number of nitrogens with zero attached hydrogens (tertiary/aromatic N) is 5. The maximum absolute atomic E-state index is 14.2. The largest absolute Gasteiger partial charge is 0.339 e. The molecular weight excluding hydrogens is 397 g/mol. The van der Waals surface area contributed by atoms with Crippen LogP contribution in [0.5, 0.6) is 0 Å². The van der Waals surface area contributed by atoms with E-state index in [1.54, 1.807) is 25.2 Å². The molecule has 1 aromatic carbocycles. The summed E-state index contributed by atoms with van der Waals surface area (Å²) in [6, 6.07) is 6.66. The van der Waals surface area contributed by atoms with Crippen molar-refractivity contribution in [3.63, 3.8) is 0 Å². The molecule has 31 heavy (non-hydrogen) atoms. The molecule has 0 bridgehead atoms. The lowest BCUT2D eigenvalue weighted by molar-refractivity contribution is 0.354. The fourth-order valence-corrected chi connectivity index (χ4v) is 5.18. The molecule has 2 aromatic heterocycles. The van der Waals surface area contributed by atoms with Gasteiger partial charge in [0.15, 0.2) is 11.2 Å². The summed E-state index contributed by atoms with van der Waals surface area (Å²) >= 11 is 0. The minimum Gasteiger partial charge on any atom is -0.339 e. The van der Waals surface area contributed by atoms with Crippen molar-refractivity contribution in [3.8, 4) is 0 Å². The predicted molar refractivity (Wildman–Crippen MR) is 118 cm³/mol. The molecule has 2 aliphatic rings. The lowest BCUT2D eigenvalue weighted by atomic mass is 9.93. The van der Waals surface area contributed by atoms with Gasteiger partial charge >= 0.3 is 5.69 Å². The Hall–Kier alpha value is -2.90. The standard InChI is InChI=1S/C23H28FN5O2/c1-15-12-27(17-9-4-3-5-10-17)22-25-20-19(28(22)13-15)21(30)29(23(31)26(20)2)14-16-8-6-7-11-18(16)24/h6-8,11,15,17H,3-5,9-10,12-14H2,1-2H3. The fraction of sp³-hybridized carbons (Fsp3) is 0.522. The molecule has 0 radical (unpaired) electrons. The van der Waals surface area contributed by atoms with Gasteiger partial charge in [0.05, 0.1) is 6.54 Å². The molecule has 1 aliphatic carbocycles. The monoisotopic (exact) mass is 425 g/mol. The Balaban J connectivity index is 1.68. The molecule has 3 aromatic rings. The van der Waals surface area contributed by atoms with E-state index in [1.807, 2.05) is 4.57 Å². The van der Waals surface area contributed by atoms with Crippen molar-refractivity contribution in [1.29, 1.82) is 0 Å². The van der Waals surface area contributed by atoms with Crippen molar-refractivity contribution in [1.82, 2.24) is 18.7 Å². The Morgan fingerprint density at radius 3 is 2.58 bits per heavy atom. The third-order valence-electron chi connectivity index (χ3n) is 6.77. The lowest BCUT2D eigenvalue weighted by Gasteiger charge is -2.40. The Morgan fingerprint density at radius 1 is 1.10 bits per heavy atom. The minimum absolute atomic E-state index is 0.101. The molecule has 1 atom stereocenters. The number of hydrogen-bond donors (Lipinski definition) is 0. The molecule has 1 aliphatic heterocycles. The summed E-state index contributed by atoms with van der Waals surface area (Å²) < 4.78 is 18.8. The van der Waals surface area contributed by atoms with Crippen molar-refractivity contribution in [2.75, 3.05) is 11.4 Å². The summed E-state index contributed by atoms with van der Waals surface area (Å²) in [6.45, 7) is 3.68. The first-order valence-electron chi connectivity index (χ1n) is 11.2. The van der Waals surface area contributed by atoms with E-state index in [9.17, 15) is 14.0 Å². The summed E-state index contributed by atoms with van der Waals surface area (Å²) in [5.74, 6) is 0.725. The number of rotatable bonds is 3. The van der Waals surface area contributed by atoms with Gasteiger partial charge in [-0.25, -0.2) is 9.18 Å². The third-order valence-corrected chi connectivity index (χ3v) is 6.77. The normalized spacial score (nSPS) is 19.7. The molecule has 0 N–H and O–H groups in total. The smallest absolute Gasteiger partial charge is 0.332 e. The lowest BCUT2D eigenvalue weighted by Crippen LogP contribution is -2.45. The summed E-state index contributed by atoms with van der Waals surface area (Å²) in [6.07, 6.45) is 5.96. The highest BCUT2D eigenvalue weighted by Gasteiger charge is 2.33. The fourth-order valence-electron chi connectivity index (χ4n) is 5.18. The van der Waals surface area contributed by atoms with Gasteiger partial charge in [0.25, 0.3) is 5.56 Å². The van der Waals surface area contributed by atoms with Crippen LogP contribution in [0.2, 0.25) is 0 Å². The topological polar surface area (TPSA) is 65.1 Å². The van der Waals surface area contributed by atoms with E-state index < -0.39 is 17.1 Å². The average Bonchev–Trinajstić information content (AvgIpc) is 3.16. The second kappa shape index (κ2) is 7.66. The molecule has 7 nitrogen and oxygen atoms in total. The highest BCUT2D eigenvalue weighted by atomic mass is 19.1. The van der Waals surface area contributed by atoms with Crippen LogP contribution in [0.25, 0.3) is 11.2 Å². The van der Waals surface area contributed by atoms with Gasteiger partial charge in [-0.1, -0.05) is 44.4 Å². The van der Waals surface area contributed by atoms with Crippen LogP contribution < -0.4 is 16.1 Å². The molecule has 0 saturated heterocycles. The van der Waals surface area contributed by atoms with Gasteiger partial charge in [0.1, 0.15) is 5.82 Å². The number of fused-ring (bicyclic) bond motifs is 3. The summed E-state index contributed by atoms with van der Waals surface area (Å²) in [5, 5.41) is 0. The Kier molecular flexibility index (Phi) is 4.95. The number of aromatic nitrogens is 4. The summed E-state index contributed by atoms with van der Waals surface area (Å²) in [5.41, 5.74) is 0.272. The number of hydrogen-bond acceptors (Lipinski definition) is 4. The molecule has 1 fully saturated rings. The van der Waals surface area contributed by atoms with Crippen LogP contribution in [0.3, 0.4) is 0 Å². The molecule has 3 heterocycles. The van der Waals surface area contributed by atoms with E-state index in [4.69, 9.17) is 4.98 Å². The third kappa shape index (κ3) is 3.28. The van der Waals surface area contributed by atoms with Gasteiger partial charge in [-0.15, -0.1) is 0 Å². The Labute approximate surface area is 179 Å².